The summed E-state index contributed by atoms with van der Waals surface area (Å²) < 4.78 is 16.6. The van der Waals surface area contributed by atoms with Gasteiger partial charge in [-0.25, -0.2) is 0 Å². The third-order valence-electron chi connectivity index (χ3n) is 7.67. The number of piperidine rings is 3. The van der Waals surface area contributed by atoms with Gasteiger partial charge in [-0.1, -0.05) is 6.07 Å². The highest BCUT2D eigenvalue weighted by molar-refractivity contribution is 5.80. The quantitative estimate of drug-likeness (QED) is 0.783. The maximum atomic E-state index is 13.5. The van der Waals surface area contributed by atoms with E-state index in [0.29, 0.717) is 36.6 Å². The van der Waals surface area contributed by atoms with Gasteiger partial charge in [-0.2, -0.15) is 0 Å². The molecule has 0 aromatic heterocycles. The topological polar surface area (TPSA) is 51.2 Å². The van der Waals surface area contributed by atoms with Crippen LogP contribution in [-0.4, -0.2) is 67.4 Å². The molecule has 0 unspecified atom stereocenters. The second kappa shape index (κ2) is 6.63. The van der Waals surface area contributed by atoms with Crippen molar-refractivity contribution in [3.8, 4) is 11.5 Å². The molecule has 0 spiro atoms. The summed E-state index contributed by atoms with van der Waals surface area (Å²) in [5.74, 6) is 3.19. The van der Waals surface area contributed by atoms with Crippen molar-refractivity contribution in [1.82, 2.24) is 9.80 Å². The van der Waals surface area contributed by atoms with E-state index in [1.165, 1.54) is 31.5 Å². The standard InChI is InChI=1S/C22H28N2O4/c25-22(15-5-9-26-10-6-15)24-12-17(16-1-2-18-19(11-16)28-13-27-18)21-20(24)14-3-7-23(21)8-4-14/h1-2,11,14-15,17,20-21H,3-10,12-13H2/t17-,20+,21+/m1/s1. The third kappa shape index (κ3) is 2.57. The van der Waals surface area contributed by atoms with Crippen LogP contribution < -0.4 is 9.47 Å². The zero-order valence-electron chi connectivity index (χ0n) is 16.2. The lowest BCUT2D eigenvalue weighted by Gasteiger charge is -2.51. The first-order valence-electron chi connectivity index (χ1n) is 10.8. The first-order chi connectivity index (χ1) is 13.8. The lowest BCUT2D eigenvalue weighted by Crippen LogP contribution is -2.61. The van der Waals surface area contributed by atoms with Crippen LogP contribution in [0.1, 0.15) is 37.2 Å². The number of nitrogens with zero attached hydrogens (tertiary/aromatic N) is 2. The molecule has 6 heterocycles. The van der Waals surface area contributed by atoms with E-state index in [0.717, 1.165) is 44.1 Å². The zero-order valence-corrected chi connectivity index (χ0v) is 16.2. The second-order valence-corrected chi connectivity index (χ2v) is 8.95. The smallest absolute Gasteiger partial charge is 0.231 e. The van der Waals surface area contributed by atoms with Crippen LogP contribution in [0.2, 0.25) is 0 Å². The summed E-state index contributed by atoms with van der Waals surface area (Å²) in [5.41, 5.74) is 1.29. The molecular formula is C22H28N2O4. The minimum atomic E-state index is 0.139. The molecule has 28 heavy (non-hydrogen) atoms. The molecule has 0 radical (unpaired) electrons. The van der Waals surface area contributed by atoms with Gasteiger partial charge in [0, 0.05) is 37.6 Å². The summed E-state index contributed by atoms with van der Waals surface area (Å²) in [4.78, 5) is 18.4. The van der Waals surface area contributed by atoms with Crippen molar-refractivity contribution in [3.63, 3.8) is 0 Å². The highest BCUT2D eigenvalue weighted by Gasteiger charge is 2.55. The summed E-state index contributed by atoms with van der Waals surface area (Å²) in [6, 6.07) is 7.17. The molecule has 0 N–H and O–H groups in total. The fraction of sp³-hybridized carbons (Fsp3) is 0.682. The summed E-state index contributed by atoms with van der Waals surface area (Å²) in [5, 5.41) is 0. The van der Waals surface area contributed by atoms with Gasteiger partial charge in [0.15, 0.2) is 11.5 Å². The molecule has 6 aliphatic rings. The Hall–Kier alpha value is -1.79. The Bertz CT molecular complexity index is 770. The van der Waals surface area contributed by atoms with Crippen LogP contribution in [0.4, 0.5) is 0 Å². The number of fused-ring (bicyclic) bond motifs is 3. The van der Waals surface area contributed by atoms with E-state index in [2.05, 4.69) is 21.9 Å². The number of hydrogen-bond donors (Lipinski definition) is 0. The number of carbonyl (C=O) groups is 1. The summed E-state index contributed by atoms with van der Waals surface area (Å²) in [6.07, 6.45) is 4.20. The van der Waals surface area contributed by atoms with Gasteiger partial charge >= 0.3 is 0 Å². The summed E-state index contributed by atoms with van der Waals surface area (Å²) in [7, 11) is 0. The SMILES string of the molecule is O=C(C1CCOCC1)N1C[C@H](c2ccc3c(c2)OCO3)[C@H]2[C@@H]1C1CCN2CC1. The van der Waals surface area contributed by atoms with Crippen molar-refractivity contribution >= 4 is 5.91 Å². The predicted molar refractivity (Wildman–Crippen MR) is 102 cm³/mol. The Labute approximate surface area is 165 Å². The summed E-state index contributed by atoms with van der Waals surface area (Å²) in [6.45, 7) is 4.92. The monoisotopic (exact) mass is 384 g/mol. The Morgan fingerprint density at radius 2 is 1.75 bits per heavy atom. The van der Waals surface area contributed by atoms with E-state index in [1.54, 1.807) is 0 Å². The fourth-order valence-electron chi connectivity index (χ4n) is 6.29. The molecule has 2 bridgehead atoms. The average molecular weight is 384 g/mol. The van der Waals surface area contributed by atoms with Gasteiger partial charge in [0.2, 0.25) is 12.7 Å². The van der Waals surface area contributed by atoms with Crippen LogP contribution in [0.3, 0.4) is 0 Å². The van der Waals surface area contributed by atoms with Crippen LogP contribution in [0.25, 0.3) is 0 Å². The molecule has 6 aliphatic heterocycles. The van der Waals surface area contributed by atoms with Crippen molar-refractivity contribution < 1.29 is 19.0 Å². The number of rotatable bonds is 2. The van der Waals surface area contributed by atoms with E-state index in [9.17, 15) is 4.79 Å². The van der Waals surface area contributed by atoms with Gasteiger partial charge in [0.05, 0.1) is 6.04 Å². The first-order valence-corrected chi connectivity index (χ1v) is 10.8. The van der Waals surface area contributed by atoms with Crippen LogP contribution in [0, 0.1) is 11.8 Å². The summed E-state index contributed by atoms with van der Waals surface area (Å²) >= 11 is 0. The molecule has 6 nitrogen and oxygen atoms in total. The molecule has 1 aromatic carbocycles. The molecule has 6 heteroatoms. The van der Waals surface area contributed by atoms with Crippen molar-refractivity contribution in [1.29, 1.82) is 0 Å². The Morgan fingerprint density at radius 1 is 0.964 bits per heavy atom. The minimum Gasteiger partial charge on any atom is -0.454 e. The van der Waals surface area contributed by atoms with E-state index in [1.807, 2.05) is 6.07 Å². The molecular weight excluding hydrogens is 356 g/mol. The lowest BCUT2D eigenvalue weighted by atomic mass is 9.75. The minimum absolute atomic E-state index is 0.139. The Balaban J connectivity index is 1.34. The highest BCUT2D eigenvalue weighted by atomic mass is 16.7. The maximum Gasteiger partial charge on any atom is 0.231 e. The molecule has 1 amide bonds. The third-order valence-corrected chi connectivity index (χ3v) is 7.67. The van der Waals surface area contributed by atoms with Gasteiger partial charge in [-0.05, 0) is 62.4 Å². The molecule has 7 rings (SSSR count). The van der Waals surface area contributed by atoms with E-state index in [4.69, 9.17) is 14.2 Å². The molecule has 5 saturated heterocycles. The fourth-order valence-corrected chi connectivity index (χ4v) is 6.29. The van der Waals surface area contributed by atoms with Gasteiger partial charge in [-0.3, -0.25) is 9.69 Å². The van der Waals surface area contributed by atoms with E-state index in [-0.39, 0.29) is 5.92 Å². The maximum absolute atomic E-state index is 13.5. The predicted octanol–water partition coefficient (Wildman–Crippen LogP) is 2.23. The molecule has 0 aliphatic carbocycles. The number of ether oxygens (including phenoxy) is 3. The normalized spacial score (nSPS) is 36.6. The van der Waals surface area contributed by atoms with Crippen molar-refractivity contribution in [3.05, 3.63) is 23.8 Å². The first kappa shape index (κ1) is 17.1. The second-order valence-electron chi connectivity index (χ2n) is 8.95. The molecule has 1 aromatic rings. The Morgan fingerprint density at radius 3 is 2.57 bits per heavy atom. The molecule has 5 fully saturated rings. The van der Waals surface area contributed by atoms with E-state index >= 15 is 0 Å². The average Bonchev–Trinajstić information content (AvgIpc) is 3.40. The van der Waals surface area contributed by atoms with Crippen LogP contribution in [0.15, 0.2) is 18.2 Å². The van der Waals surface area contributed by atoms with Crippen molar-refractivity contribution in [2.45, 2.75) is 43.7 Å². The van der Waals surface area contributed by atoms with Crippen molar-refractivity contribution in [2.24, 2.45) is 11.8 Å². The number of benzene rings is 1. The Kier molecular flexibility index (Phi) is 4.05. The number of hydrogen-bond acceptors (Lipinski definition) is 5. The number of amides is 1. The highest BCUT2D eigenvalue weighted by Crippen LogP contribution is 2.48. The lowest BCUT2D eigenvalue weighted by molar-refractivity contribution is -0.143. The van der Waals surface area contributed by atoms with Gasteiger partial charge in [-0.15, -0.1) is 0 Å². The largest absolute Gasteiger partial charge is 0.454 e. The van der Waals surface area contributed by atoms with Crippen molar-refractivity contribution in [2.75, 3.05) is 39.6 Å². The number of carbonyl (C=O) groups excluding carboxylic acids is 1. The van der Waals surface area contributed by atoms with E-state index < -0.39 is 0 Å². The van der Waals surface area contributed by atoms with Gasteiger partial charge in [0.25, 0.3) is 0 Å². The van der Waals surface area contributed by atoms with Gasteiger partial charge in [0.1, 0.15) is 0 Å². The zero-order chi connectivity index (χ0) is 18.7. The molecule has 150 valence electrons. The van der Waals surface area contributed by atoms with Crippen LogP contribution in [0.5, 0.6) is 11.5 Å². The van der Waals surface area contributed by atoms with Crippen LogP contribution >= 0.6 is 0 Å². The number of likely N-dealkylation sites (tertiary alicyclic amines) is 1. The van der Waals surface area contributed by atoms with Crippen LogP contribution in [-0.2, 0) is 9.53 Å². The van der Waals surface area contributed by atoms with Gasteiger partial charge < -0.3 is 19.1 Å². The molecule has 3 atom stereocenters. The molecule has 0 saturated carbocycles.